The third-order valence-electron chi connectivity index (χ3n) is 6.57. The van der Waals surface area contributed by atoms with E-state index in [-0.39, 0.29) is 34.8 Å². The first-order valence-electron chi connectivity index (χ1n) is 11.5. The largest absolute Gasteiger partial charge is 0.492 e. The van der Waals surface area contributed by atoms with Crippen LogP contribution in [0, 0.1) is 11.7 Å². The van der Waals surface area contributed by atoms with E-state index in [9.17, 15) is 14.7 Å². The number of halogens is 1. The minimum atomic E-state index is -1.41. The Morgan fingerprint density at radius 3 is 2.75 bits per heavy atom. The molecule has 0 amide bonds. The first-order chi connectivity index (χ1) is 17.4. The van der Waals surface area contributed by atoms with Crippen LogP contribution in [0.4, 0.5) is 10.1 Å². The zero-order valence-electron chi connectivity index (χ0n) is 19.6. The van der Waals surface area contributed by atoms with Crippen molar-refractivity contribution in [3.05, 3.63) is 76.0 Å². The molecule has 4 aromatic rings. The van der Waals surface area contributed by atoms with E-state index >= 15 is 4.39 Å². The predicted molar refractivity (Wildman–Crippen MR) is 132 cm³/mol. The number of ether oxygens (including phenoxy) is 1. The van der Waals surface area contributed by atoms with Crippen molar-refractivity contribution in [1.82, 2.24) is 9.72 Å². The van der Waals surface area contributed by atoms with Gasteiger partial charge in [0.2, 0.25) is 5.43 Å². The van der Waals surface area contributed by atoms with Gasteiger partial charge in [-0.3, -0.25) is 4.79 Å². The Hall–Kier alpha value is -4.18. The van der Waals surface area contributed by atoms with E-state index in [4.69, 9.17) is 15.0 Å². The van der Waals surface area contributed by atoms with Gasteiger partial charge in [0.05, 0.1) is 24.6 Å². The van der Waals surface area contributed by atoms with Gasteiger partial charge < -0.3 is 29.6 Å². The summed E-state index contributed by atoms with van der Waals surface area (Å²) in [7, 11) is 1.40. The molecule has 0 aliphatic carbocycles. The standard InChI is InChI=1S/C26H25FN4O5/c1-35-25-22-18(10-20(27)23(25)30-8-7-15(11-28)12-30)24(32)19(26(33)34)14-31(22)13-17-9-21(29-36-17)16-5-3-2-4-6-16/h2-6,9-10,14-15H,7-8,11-13,28H2,1H3,(H,33,34)/t15-/m0/s1. The van der Waals surface area contributed by atoms with E-state index in [0.717, 1.165) is 18.1 Å². The highest BCUT2D eigenvalue weighted by Crippen LogP contribution is 2.40. The van der Waals surface area contributed by atoms with Crippen LogP contribution in [0.25, 0.3) is 22.2 Å². The van der Waals surface area contributed by atoms with Crippen molar-refractivity contribution in [3.8, 4) is 17.0 Å². The molecular weight excluding hydrogens is 467 g/mol. The van der Waals surface area contributed by atoms with Crippen LogP contribution in [0.15, 0.2) is 58.0 Å². The maximum atomic E-state index is 15.4. The average Bonchev–Trinajstić information content (AvgIpc) is 3.55. The molecule has 2 aromatic heterocycles. The lowest BCUT2D eigenvalue weighted by Gasteiger charge is -2.24. The van der Waals surface area contributed by atoms with Crippen molar-refractivity contribution in [2.75, 3.05) is 31.6 Å². The third-order valence-corrected chi connectivity index (χ3v) is 6.57. The van der Waals surface area contributed by atoms with Gasteiger partial charge in [0, 0.05) is 30.9 Å². The number of pyridine rings is 1. The quantitative estimate of drug-likeness (QED) is 0.403. The van der Waals surface area contributed by atoms with Gasteiger partial charge in [0.1, 0.15) is 16.9 Å². The molecule has 3 N–H and O–H groups in total. The lowest BCUT2D eigenvalue weighted by atomic mass is 10.1. The van der Waals surface area contributed by atoms with Crippen molar-refractivity contribution in [1.29, 1.82) is 0 Å². The molecule has 3 heterocycles. The second-order valence-corrected chi connectivity index (χ2v) is 8.82. The molecule has 0 saturated carbocycles. The lowest BCUT2D eigenvalue weighted by molar-refractivity contribution is 0.0694. The number of carboxylic acid groups (broad SMARTS) is 1. The van der Waals surface area contributed by atoms with Crippen molar-refractivity contribution in [2.45, 2.75) is 13.0 Å². The molecule has 5 rings (SSSR count). The fourth-order valence-corrected chi connectivity index (χ4v) is 4.78. The highest BCUT2D eigenvalue weighted by atomic mass is 19.1. The summed E-state index contributed by atoms with van der Waals surface area (Å²) >= 11 is 0. The van der Waals surface area contributed by atoms with Gasteiger partial charge in [-0.1, -0.05) is 35.5 Å². The summed E-state index contributed by atoms with van der Waals surface area (Å²) in [6, 6.07) is 12.3. The van der Waals surface area contributed by atoms with Crippen LogP contribution in [0.2, 0.25) is 0 Å². The number of methoxy groups -OCH3 is 1. The molecule has 1 aliphatic heterocycles. The molecule has 1 fully saturated rings. The molecule has 10 heteroatoms. The van der Waals surface area contributed by atoms with E-state index in [1.165, 1.54) is 17.9 Å². The SMILES string of the molecule is COc1c(N2CC[C@@H](CN)C2)c(F)cc2c(=O)c(C(=O)O)cn(Cc3cc(-c4ccccc4)no3)c12. The summed E-state index contributed by atoms with van der Waals surface area (Å²) in [5.41, 5.74) is 6.51. The van der Waals surface area contributed by atoms with Gasteiger partial charge in [-0.15, -0.1) is 0 Å². The summed E-state index contributed by atoms with van der Waals surface area (Å²) in [6.07, 6.45) is 2.04. The molecule has 186 valence electrons. The molecule has 9 nitrogen and oxygen atoms in total. The van der Waals surface area contributed by atoms with E-state index in [1.54, 1.807) is 6.07 Å². The summed E-state index contributed by atoms with van der Waals surface area (Å²) < 4.78 is 28.2. The number of nitrogens with two attached hydrogens (primary N) is 1. The number of benzene rings is 2. The van der Waals surface area contributed by atoms with Crippen molar-refractivity contribution in [2.24, 2.45) is 11.7 Å². The Balaban J connectivity index is 1.68. The minimum absolute atomic E-state index is 0.0454. The number of rotatable bonds is 7. The fourth-order valence-electron chi connectivity index (χ4n) is 4.78. The average molecular weight is 493 g/mol. The molecule has 1 atom stereocenters. The zero-order valence-corrected chi connectivity index (χ0v) is 19.6. The summed E-state index contributed by atoms with van der Waals surface area (Å²) in [6.45, 7) is 1.66. The number of hydrogen-bond acceptors (Lipinski definition) is 7. The molecular formula is C26H25FN4O5. The summed E-state index contributed by atoms with van der Waals surface area (Å²) in [4.78, 5) is 26.7. The summed E-state index contributed by atoms with van der Waals surface area (Å²) in [5, 5.41) is 13.7. The van der Waals surface area contributed by atoms with Crippen LogP contribution in [-0.2, 0) is 6.54 Å². The Morgan fingerprint density at radius 1 is 1.31 bits per heavy atom. The predicted octanol–water partition coefficient (Wildman–Crippen LogP) is 3.34. The molecule has 1 aliphatic rings. The molecule has 0 radical (unpaired) electrons. The van der Waals surface area contributed by atoms with Gasteiger partial charge in [-0.25, -0.2) is 9.18 Å². The zero-order chi connectivity index (χ0) is 25.4. The Kier molecular flexibility index (Phi) is 6.19. The number of nitrogens with zero attached hydrogens (tertiary/aromatic N) is 3. The van der Waals surface area contributed by atoms with Crippen LogP contribution >= 0.6 is 0 Å². The molecule has 36 heavy (non-hydrogen) atoms. The normalized spacial score (nSPS) is 15.5. The lowest BCUT2D eigenvalue weighted by Crippen LogP contribution is -2.25. The number of carbonyl (C=O) groups is 1. The molecule has 0 bridgehead atoms. The molecule has 0 spiro atoms. The van der Waals surface area contributed by atoms with Crippen molar-refractivity contribution < 1.29 is 23.6 Å². The highest BCUT2D eigenvalue weighted by Gasteiger charge is 2.30. The van der Waals surface area contributed by atoms with E-state index in [1.807, 2.05) is 35.2 Å². The minimum Gasteiger partial charge on any atom is -0.492 e. The smallest absolute Gasteiger partial charge is 0.341 e. The number of aromatic carboxylic acids is 1. The van der Waals surface area contributed by atoms with Gasteiger partial charge in [-0.2, -0.15) is 0 Å². The number of hydrogen-bond donors (Lipinski definition) is 2. The van der Waals surface area contributed by atoms with Crippen LogP contribution in [0.5, 0.6) is 5.75 Å². The van der Waals surface area contributed by atoms with E-state index in [0.29, 0.717) is 31.1 Å². The van der Waals surface area contributed by atoms with E-state index < -0.39 is 22.8 Å². The Labute approximate surface area is 205 Å². The molecule has 2 aromatic carbocycles. The second kappa shape index (κ2) is 9.46. The maximum absolute atomic E-state index is 15.4. The van der Waals surface area contributed by atoms with Gasteiger partial charge >= 0.3 is 5.97 Å². The molecule has 0 unspecified atom stereocenters. The van der Waals surface area contributed by atoms with Gasteiger partial charge in [-0.05, 0) is 24.9 Å². The van der Waals surface area contributed by atoms with Crippen LogP contribution in [-0.4, -0.2) is 47.5 Å². The maximum Gasteiger partial charge on any atom is 0.341 e. The fraction of sp³-hybridized carbons (Fsp3) is 0.269. The first-order valence-corrected chi connectivity index (χ1v) is 11.5. The van der Waals surface area contributed by atoms with Gasteiger partial charge in [0.15, 0.2) is 17.3 Å². The van der Waals surface area contributed by atoms with Crippen LogP contribution < -0.4 is 20.8 Å². The van der Waals surface area contributed by atoms with E-state index in [2.05, 4.69) is 5.16 Å². The Morgan fingerprint density at radius 2 is 2.08 bits per heavy atom. The number of aromatic nitrogens is 2. The number of carboxylic acids is 1. The number of fused-ring (bicyclic) bond motifs is 1. The third kappa shape index (κ3) is 4.09. The van der Waals surface area contributed by atoms with Gasteiger partial charge in [0.25, 0.3) is 0 Å². The monoisotopic (exact) mass is 492 g/mol. The van der Waals surface area contributed by atoms with Crippen LogP contribution in [0.1, 0.15) is 22.5 Å². The van der Waals surface area contributed by atoms with Crippen molar-refractivity contribution >= 4 is 22.6 Å². The summed E-state index contributed by atoms with van der Waals surface area (Å²) in [5.74, 6) is -1.28. The highest BCUT2D eigenvalue weighted by molar-refractivity contribution is 5.97. The number of anilines is 1. The first kappa shape index (κ1) is 23.6. The topological polar surface area (TPSA) is 124 Å². The Bertz CT molecular complexity index is 1500. The molecule has 1 saturated heterocycles. The van der Waals surface area contributed by atoms with Crippen LogP contribution in [0.3, 0.4) is 0 Å². The van der Waals surface area contributed by atoms with Crippen molar-refractivity contribution in [3.63, 3.8) is 0 Å². The second-order valence-electron chi connectivity index (χ2n) is 8.82.